The van der Waals surface area contributed by atoms with Crippen LogP contribution in [0.15, 0.2) is 105 Å². The van der Waals surface area contributed by atoms with Crippen LogP contribution in [0.25, 0.3) is 12.2 Å². The van der Waals surface area contributed by atoms with E-state index in [0.29, 0.717) is 0 Å². The summed E-state index contributed by atoms with van der Waals surface area (Å²) in [5, 5.41) is 9.87. The second kappa shape index (κ2) is 25.6. The second-order valence-corrected chi connectivity index (χ2v) is 17.8. The maximum atomic E-state index is 12.4. The number of benzene rings is 4. The van der Waals surface area contributed by atoms with Crippen LogP contribution in [-0.2, 0) is 40.5 Å². The fraction of sp³-hybridized carbons (Fsp3) is 0. The minimum absolute atomic E-state index is 0. The predicted octanol–water partition coefficient (Wildman–Crippen LogP) is -7.86. The van der Waals surface area contributed by atoms with Gasteiger partial charge in [0, 0.05) is 22.7 Å². The van der Waals surface area contributed by atoms with Gasteiger partial charge in [-0.3, -0.25) is 0 Å². The van der Waals surface area contributed by atoms with Gasteiger partial charge in [0.25, 0.3) is 0 Å². The summed E-state index contributed by atoms with van der Waals surface area (Å²) in [6.45, 7) is 0. The van der Waals surface area contributed by atoms with Crippen molar-refractivity contribution in [3.8, 4) is 0 Å². The molecule has 0 aliphatic carbocycles. The van der Waals surface area contributed by atoms with Crippen LogP contribution < -0.4 is 227 Å². The number of anilines is 8. The number of aromatic nitrogens is 6. The van der Waals surface area contributed by atoms with Gasteiger partial charge in [-0.05, 0) is 95.0 Å². The van der Waals surface area contributed by atoms with Crippen molar-refractivity contribution in [1.29, 1.82) is 0 Å². The zero-order valence-corrected chi connectivity index (χ0v) is 50.5. The third-order valence-electron chi connectivity index (χ3n) is 7.49. The molecule has 2 aromatic heterocycles. The standard InChI is InChI=1S/C32H24Cl2N10O12S4.4K/c33-27-39-29(35-19-3-1-5-23(13-19)57(45,46)47)43-31(41-27)37-21-11-9-17(25(15-21)59(51,52)53)7-8-18-10-12-22(16-26(18)60(54,55)56)38-32-42-28(34)40-30(44-32)36-20-4-2-6-24(14-20)58(48,49)50;;;;/h1-16H,(H,45,46,47)(H,48,49,50)(H,51,52,53)(H,54,55,56)(H2,35,37,39,41,43)(H2,36,38,40,42,44);;;;/q;4*+1/p-4. The van der Waals surface area contributed by atoms with Crippen LogP contribution in [0.5, 0.6) is 0 Å². The van der Waals surface area contributed by atoms with Crippen LogP contribution >= 0.6 is 23.2 Å². The fourth-order valence-electron chi connectivity index (χ4n) is 5.01. The Morgan fingerprint density at radius 2 is 0.703 bits per heavy atom. The number of nitrogens with zero attached hydrogens (tertiary/aromatic N) is 6. The van der Waals surface area contributed by atoms with E-state index in [2.05, 4.69) is 51.2 Å². The summed E-state index contributed by atoms with van der Waals surface area (Å²) >= 11 is 12.0. The summed E-state index contributed by atoms with van der Waals surface area (Å²) in [5.41, 5.74) is -0.366. The van der Waals surface area contributed by atoms with Gasteiger partial charge in [-0.15, -0.1) is 0 Å². The average molecular weight is 1090 g/mol. The van der Waals surface area contributed by atoms with Gasteiger partial charge in [0.15, 0.2) is 0 Å². The van der Waals surface area contributed by atoms with Crippen molar-refractivity contribution in [2.75, 3.05) is 21.3 Å². The SMILES string of the molecule is O=S(=O)([O-])c1cccc(Nc2nc(Cl)nc(Nc3ccc(C=Cc4ccc(Nc5nc(Cl)nc(Nc6cccc(S(=O)(=O)[O-])c6)n5)cc4S(=O)(=O)[O-])c(S(=O)(=O)[O-])c3)n2)c1.[K+].[K+].[K+].[K+]. The quantitative estimate of drug-likeness (QED) is 0.0447. The molecule has 4 aromatic carbocycles. The molecule has 0 unspecified atom stereocenters. The Bertz CT molecular complexity index is 2970. The Kier molecular flexibility index (Phi) is 24.3. The molecule has 32 heteroatoms. The van der Waals surface area contributed by atoms with Gasteiger partial charge < -0.3 is 39.5 Å². The Morgan fingerprint density at radius 1 is 0.406 bits per heavy atom. The first-order valence-corrected chi connectivity index (χ1v) is 22.3. The van der Waals surface area contributed by atoms with E-state index in [0.717, 1.165) is 48.6 Å². The number of hydrogen-bond donors (Lipinski definition) is 4. The number of hydrogen-bond acceptors (Lipinski definition) is 22. The minimum Gasteiger partial charge on any atom is -0.744 e. The molecular weight excluding hydrogens is 1070 g/mol. The third kappa shape index (κ3) is 17.8. The Morgan fingerprint density at radius 3 is 0.984 bits per heavy atom. The van der Waals surface area contributed by atoms with E-state index >= 15 is 0 Å². The molecule has 0 amide bonds. The van der Waals surface area contributed by atoms with Gasteiger partial charge in [0.1, 0.15) is 40.5 Å². The summed E-state index contributed by atoms with van der Waals surface area (Å²) in [4.78, 5) is 21.0. The molecule has 6 rings (SSSR count). The molecule has 0 saturated heterocycles. The van der Waals surface area contributed by atoms with Crippen molar-refractivity contribution in [2.24, 2.45) is 0 Å². The molecule has 0 aliphatic rings. The molecule has 0 saturated carbocycles. The van der Waals surface area contributed by atoms with Crippen LogP contribution in [-0.4, -0.2) is 81.8 Å². The summed E-state index contributed by atoms with van der Waals surface area (Å²) < 4.78 is 143. The zero-order valence-electron chi connectivity index (χ0n) is 33.2. The van der Waals surface area contributed by atoms with E-state index in [-0.39, 0.29) is 274 Å². The number of nitrogens with one attached hydrogen (secondary N) is 4. The van der Waals surface area contributed by atoms with E-state index in [1.165, 1.54) is 48.5 Å². The van der Waals surface area contributed by atoms with E-state index in [4.69, 9.17) is 23.2 Å². The first kappa shape index (κ1) is 60.7. The largest absolute Gasteiger partial charge is 1.00 e. The van der Waals surface area contributed by atoms with E-state index in [1.807, 2.05) is 0 Å². The molecule has 0 aliphatic heterocycles. The van der Waals surface area contributed by atoms with Crippen molar-refractivity contribution in [3.63, 3.8) is 0 Å². The molecule has 6 aromatic rings. The summed E-state index contributed by atoms with van der Waals surface area (Å²) in [6.07, 6.45) is 2.14. The van der Waals surface area contributed by atoms with Crippen molar-refractivity contribution in [2.45, 2.75) is 19.6 Å². The predicted molar refractivity (Wildman–Crippen MR) is 209 cm³/mol. The van der Waals surface area contributed by atoms with Gasteiger partial charge in [-0.1, -0.05) is 36.4 Å². The molecule has 64 heavy (non-hydrogen) atoms. The molecule has 4 N–H and O–H groups in total. The monoisotopic (exact) mass is 1090 g/mol. The zero-order chi connectivity index (χ0) is 43.6. The van der Waals surface area contributed by atoms with Crippen LogP contribution in [0.1, 0.15) is 11.1 Å². The molecule has 312 valence electrons. The van der Waals surface area contributed by atoms with Gasteiger partial charge in [-0.2, -0.15) is 29.9 Å². The van der Waals surface area contributed by atoms with E-state index in [9.17, 15) is 51.9 Å². The summed E-state index contributed by atoms with van der Waals surface area (Å²) in [7, 11) is -20.0. The molecule has 0 atom stereocenters. The van der Waals surface area contributed by atoms with Crippen molar-refractivity contribution in [3.05, 3.63) is 107 Å². The molecular formula is C32H20Cl2K4N10O12S4. The van der Waals surface area contributed by atoms with Gasteiger partial charge >= 0.3 is 206 Å². The first-order chi connectivity index (χ1) is 28.0. The maximum Gasteiger partial charge on any atom is 1.00 e. The Hall–Kier alpha value is 0.605. The topological polar surface area (TPSA) is 354 Å². The van der Waals surface area contributed by atoms with Crippen LogP contribution in [0.2, 0.25) is 10.6 Å². The number of halogens is 2. The third-order valence-corrected chi connectivity index (χ3v) is 11.3. The fourth-order valence-corrected chi connectivity index (χ4v) is 7.76. The first-order valence-electron chi connectivity index (χ1n) is 15.9. The second-order valence-electron chi connectivity index (χ2n) is 11.7. The minimum atomic E-state index is -5.21. The Balaban J connectivity index is 0.00000352. The number of rotatable bonds is 14. The summed E-state index contributed by atoms with van der Waals surface area (Å²) in [6, 6.07) is 16.4. The van der Waals surface area contributed by atoms with Gasteiger partial charge in [-0.25, -0.2) is 33.7 Å². The van der Waals surface area contributed by atoms with Crippen molar-refractivity contribution in [1.82, 2.24) is 29.9 Å². The maximum absolute atomic E-state index is 12.4. The van der Waals surface area contributed by atoms with Gasteiger partial charge in [0.2, 0.25) is 34.4 Å². The molecule has 2 heterocycles. The molecule has 0 spiro atoms. The Labute approximate surface area is 545 Å². The molecule has 22 nitrogen and oxygen atoms in total. The smallest absolute Gasteiger partial charge is 0.744 e. The molecule has 0 bridgehead atoms. The van der Waals surface area contributed by atoms with Crippen molar-refractivity contribution >= 4 is 122 Å². The molecule has 0 radical (unpaired) electrons. The van der Waals surface area contributed by atoms with Crippen LogP contribution in [0.3, 0.4) is 0 Å². The van der Waals surface area contributed by atoms with Gasteiger partial charge in [0.05, 0.1) is 19.6 Å². The summed E-state index contributed by atoms with van der Waals surface area (Å²) in [5.74, 6) is -0.981. The van der Waals surface area contributed by atoms with E-state index in [1.54, 1.807) is 0 Å². The molecule has 0 fully saturated rings. The normalized spacial score (nSPS) is 11.5. The van der Waals surface area contributed by atoms with E-state index < -0.39 is 60.1 Å². The average Bonchev–Trinajstić information content (AvgIpc) is 3.13. The van der Waals surface area contributed by atoms with Crippen LogP contribution in [0, 0.1) is 0 Å². The van der Waals surface area contributed by atoms with Crippen molar-refractivity contribution < 1.29 is 257 Å². The van der Waals surface area contributed by atoms with Crippen LogP contribution in [0.4, 0.5) is 46.5 Å².